The lowest BCUT2D eigenvalue weighted by Gasteiger charge is -2.11. The smallest absolute Gasteiger partial charge is 0.334 e. The van der Waals surface area contributed by atoms with Crippen LogP contribution in [0.5, 0.6) is 0 Å². The Hall–Kier alpha value is -1.97. The number of ether oxygens (including phenoxy) is 1. The average Bonchev–Trinajstić information content (AvgIpc) is 2.51. The van der Waals surface area contributed by atoms with Gasteiger partial charge in [0.25, 0.3) is 0 Å². The summed E-state index contributed by atoms with van der Waals surface area (Å²) in [6.07, 6.45) is 9.43. The Morgan fingerprint density at radius 3 is 3.13 bits per heavy atom. The van der Waals surface area contributed by atoms with E-state index in [4.69, 9.17) is 0 Å². The Labute approximate surface area is 87.3 Å². The van der Waals surface area contributed by atoms with Crippen LogP contribution in [0.4, 0.5) is 0 Å². The summed E-state index contributed by atoms with van der Waals surface area (Å²) in [7, 11) is 1.37. The lowest BCUT2D eigenvalue weighted by molar-refractivity contribution is -0.136. The van der Waals surface area contributed by atoms with Gasteiger partial charge < -0.3 is 4.74 Å². The van der Waals surface area contributed by atoms with E-state index >= 15 is 0 Å². The van der Waals surface area contributed by atoms with E-state index in [2.05, 4.69) is 14.9 Å². The Balaban J connectivity index is 2.32. The summed E-state index contributed by atoms with van der Waals surface area (Å²) in [4.78, 5) is 11.3. The predicted molar refractivity (Wildman–Crippen MR) is 57.9 cm³/mol. The first-order valence-corrected chi connectivity index (χ1v) is 4.57. The lowest BCUT2D eigenvalue weighted by atomic mass is 9.96. The molecule has 0 aromatic heterocycles. The standard InChI is InChI=1S/C11H10N2O2/c1-15-11(14)9-5-4-8-3-2-6-12-13-10(8)7-9/h2-6H,7H2,1H3. The molecule has 2 aliphatic rings. The summed E-state index contributed by atoms with van der Waals surface area (Å²) in [5, 5.41) is 7.85. The quantitative estimate of drug-likeness (QED) is 0.604. The van der Waals surface area contributed by atoms with Gasteiger partial charge in [0, 0.05) is 18.2 Å². The number of rotatable bonds is 1. The van der Waals surface area contributed by atoms with Crippen molar-refractivity contribution in [3.63, 3.8) is 0 Å². The van der Waals surface area contributed by atoms with Crippen LogP contribution < -0.4 is 0 Å². The fraction of sp³-hybridized carbons (Fsp3) is 0.182. The molecule has 0 aromatic carbocycles. The largest absolute Gasteiger partial charge is 0.466 e. The fourth-order valence-corrected chi connectivity index (χ4v) is 1.43. The van der Waals surface area contributed by atoms with Crippen molar-refractivity contribution in [2.75, 3.05) is 7.11 Å². The highest BCUT2D eigenvalue weighted by molar-refractivity contribution is 6.10. The van der Waals surface area contributed by atoms with E-state index in [9.17, 15) is 4.79 Å². The fourth-order valence-electron chi connectivity index (χ4n) is 1.43. The second kappa shape index (κ2) is 4.04. The van der Waals surface area contributed by atoms with Crippen LogP contribution in [0.2, 0.25) is 0 Å². The summed E-state index contributed by atoms with van der Waals surface area (Å²) >= 11 is 0. The average molecular weight is 202 g/mol. The molecule has 0 saturated heterocycles. The summed E-state index contributed by atoms with van der Waals surface area (Å²) in [5.74, 6) is -0.315. The van der Waals surface area contributed by atoms with Gasteiger partial charge in [0.15, 0.2) is 0 Å². The van der Waals surface area contributed by atoms with Crippen molar-refractivity contribution in [2.24, 2.45) is 10.2 Å². The van der Waals surface area contributed by atoms with Crippen molar-refractivity contribution in [1.82, 2.24) is 0 Å². The van der Waals surface area contributed by atoms with E-state index in [0.29, 0.717) is 12.0 Å². The van der Waals surface area contributed by atoms with Crippen LogP contribution in [0.1, 0.15) is 6.42 Å². The number of hydrogen-bond acceptors (Lipinski definition) is 4. The van der Waals surface area contributed by atoms with Crippen LogP contribution in [-0.4, -0.2) is 25.0 Å². The second-order valence-corrected chi connectivity index (χ2v) is 3.15. The van der Waals surface area contributed by atoms with E-state index in [-0.39, 0.29) is 5.97 Å². The summed E-state index contributed by atoms with van der Waals surface area (Å²) < 4.78 is 4.65. The third kappa shape index (κ3) is 1.93. The molecular weight excluding hydrogens is 192 g/mol. The molecule has 15 heavy (non-hydrogen) atoms. The number of carbonyl (C=O) groups excluding carboxylic acids is 1. The molecule has 2 rings (SSSR count). The van der Waals surface area contributed by atoms with Gasteiger partial charge in [-0.15, -0.1) is 0 Å². The van der Waals surface area contributed by atoms with E-state index in [0.717, 1.165) is 11.3 Å². The van der Waals surface area contributed by atoms with Crippen LogP contribution in [0.3, 0.4) is 0 Å². The molecule has 0 aromatic rings. The maximum Gasteiger partial charge on any atom is 0.334 e. The van der Waals surface area contributed by atoms with Crippen molar-refractivity contribution in [2.45, 2.75) is 6.42 Å². The molecule has 4 heteroatoms. The molecule has 1 aliphatic carbocycles. The Morgan fingerprint density at radius 1 is 1.47 bits per heavy atom. The molecule has 76 valence electrons. The van der Waals surface area contributed by atoms with E-state index < -0.39 is 0 Å². The number of carbonyl (C=O) groups is 1. The highest BCUT2D eigenvalue weighted by Crippen LogP contribution is 2.19. The zero-order valence-electron chi connectivity index (χ0n) is 8.30. The van der Waals surface area contributed by atoms with Gasteiger partial charge in [0.1, 0.15) is 0 Å². The zero-order valence-corrected chi connectivity index (χ0v) is 8.30. The molecule has 0 amide bonds. The minimum atomic E-state index is -0.315. The van der Waals surface area contributed by atoms with Crippen molar-refractivity contribution in [1.29, 1.82) is 0 Å². The monoisotopic (exact) mass is 202 g/mol. The van der Waals surface area contributed by atoms with Gasteiger partial charge in [-0.1, -0.05) is 18.2 Å². The van der Waals surface area contributed by atoms with E-state index in [1.165, 1.54) is 7.11 Å². The van der Waals surface area contributed by atoms with Crippen molar-refractivity contribution < 1.29 is 9.53 Å². The first-order valence-electron chi connectivity index (χ1n) is 4.57. The molecule has 0 unspecified atom stereocenters. The number of nitrogens with zero attached hydrogens (tertiary/aromatic N) is 2. The molecule has 0 fully saturated rings. The minimum Gasteiger partial charge on any atom is -0.466 e. The van der Waals surface area contributed by atoms with Gasteiger partial charge in [-0.2, -0.15) is 10.2 Å². The molecule has 0 bridgehead atoms. The van der Waals surface area contributed by atoms with Crippen LogP contribution in [0, 0.1) is 0 Å². The zero-order chi connectivity index (χ0) is 10.7. The summed E-state index contributed by atoms with van der Waals surface area (Å²) in [5.41, 5.74) is 2.38. The van der Waals surface area contributed by atoms with Gasteiger partial charge in [0.2, 0.25) is 0 Å². The molecule has 0 N–H and O–H groups in total. The van der Waals surface area contributed by atoms with Crippen LogP contribution >= 0.6 is 0 Å². The highest BCUT2D eigenvalue weighted by atomic mass is 16.5. The maximum atomic E-state index is 11.3. The van der Waals surface area contributed by atoms with Gasteiger partial charge in [0.05, 0.1) is 12.8 Å². The number of allylic oxidation sites excluding steroid dienone is 5. The number of methoxy groups -OCH3 is 1. The third-order valence-corrected chi connectivity index (χ3v) is 2.21. The SMILES string of the molecule is COC(=O)C1=CC=C2C=CC=NN=C2C1. The van der Waals surface area contributed by atoms with Crippen LogP contribution in [-0.2, 0) is 9.53 Å². The van der Waals surface area contributed by atoms with Gasteiger partial charge in [-0.3, -0.25) is 0 Å². The number of esters is 1. The molecule has 0 saturated carbocycles. The summed E-state index contributed by atoms with van der Waals surface area (Å²) in [6.45, 7) is 0. The Kier molecular flexibility index (Phi) is 2.58. The van der Waals surface area contributed by atoms with E-state index in [1.807, 2.05) is 18.2 Å². The molecule has 4 nitrogen and oxygen atoms in total. The second-order valence-electron chi connectivity index (χ2n) is 3.15. The van der Waals surface area contributed by atoms with E-state index in [1.54, 1.807) is 12.3 Å². The van der Waals surface area contributed by atoms with Crippen LogP contribution in [0.15, 0.2) is 45.7 Å². The minimum absolute atomic E-state index is 0.315. The van der Waals surface area contributed by atoms with Gasteiger partial charge in [-0.25, -0.2) is 4.79 Å². The molecule has 0 radical (unpaired) electrons. The molecule has 1 aliphatic heterocycles. The maximum absolute atomic E-state index is 11.3. The summed E-state index contributed by atoms with van der Waals surface area (Å²) in [6, 6.07) is 0. The topological polar surface area (TPSA) is 51.0 Å². The van der Waals surface area contributed by atoms with Crippen molar-refractivity contribution >= 4 is 17.9 Å². The molecule has 0 spiro atoms. The lowest BCUT2D eigenvalue weighted by Crippen LogP contribution is -2.13. The molecule has 1 heterocycles. The Bertz CT molecular complexity index is 440. The van der Waals surface area contributed by atoms with Crippen molar-refractivity contribution in [3.05, 3.63) is 35.5 Å². The van der Waals surface area contributed by atoms with Crippen LogP contribution in [0.25, 0.3) is 0 Å². The molecular formula is C11H10N2O2. The predicted octanol–water partition coefficient (Wildman–Crippen LogP) is 1.41. The van der Waals surface area contributed by atoms with Crippen molar-refractivity contribution in [3.8, 4) is 0 Å². The van der Waals surface area contributed by atoms with Gasteiger partial charge in [-0.05, 0) is 11.6 Å². The van der Waals surface area contributed by atoms with Gasteiger partial charge >= 0.3 is 5.97 Å². The number of fused-ring (bicyclic) bond motifs is 1. The highest BCUT2D eigenvalue weighted by Gasteiger charge is 2.18. The Morgan fingerprint density at radius 2 is 2.33 bits per heavy atom. The first kappa shape index (κ1) is 9.58. The normalized spacial score (nSPS) is 18.3. The molecule has 0 atom stereocenters. The third-order valence-electron chi connectivity index (χ3n) is 2.21. The number of hydrogen-bond donors (Lipinski definition) is 0. The first-order chi connectivity index (χ1) is 7.31.